The van der Waals surface area contributed by atoms with Gasteiger partial charge in [-0.3, -0.25) is 9.13 Å². The smallest absolute Gasteiger partial charge is 0.165 e. The summed E-state index contributed by atoms with van der Waals surface area (Å²) in [4.78, 5) is 10.7. The van der Waals surface area contributed by atoms with Crippen LogP contribution < -0.4 is 0 Å². The Bertz CT molecular complexity index is 2390. The molecule has 9 rings (SSSR count). The fourth-order valence-electron chi connectivity index (χ4n) is 6.01. The second-order valence-electron chi connectivity index (χ2n) is 9.89. The van der Waals surface area contributed by atoms with Gasteiger partial charge in [0.1, 0.15) is 22.2 Å². The Kier molecular flexibility index (Phi) is 3.99. The van der Waals surface area contributed by atoms with E-state index in [0.29, 0.717) is 0 Å². The van der Waals surface area contributed by atoms with Crippen LogP contribution in [-0.4, -0.2) is 19.1 Å². The Labute approximate surface area is 222 Å². The number of fused-ring (bicyclic) bond motifs is 9. The third-order valence-electron chi connectivity index (χ3n) is 7.72. The van der Waals surface area contributed by atoms with E-state index in [2.05, 4.69) is 112 Å². The molecule has 5 aromatic carbocycles. The highest BCUT2D eigenvalue weighted by Crippen LogP contribution is 2.37. The van der Waals surface area contributed by atoms with Gasteiger partial charge in [-0.15, -0.1) is 0 Å². The third-order valence-corrected chi connectivity index (χ3v) is 7.72. The lowest BCUT2D eigenvalue weighted by atomic mass is 10.1. The first kappa shape index (κ1) is 20.6. The zero-order valence-electron chi connectivity index (χ0n) is 20.7. The molecule has 0 N–H and O–H groups in total. The first-order valence-electron chi connectivity index (χ1n) is 13.0. The summed E-state index contributed by atoms with van der Waals surface area (Å²) in [7, 11) is 0. The van der Waals surface area contributed by atoms with Gasteiger partial charge in [0.15, 0.2) is 11.3 Å². The summed E-state index contributed by atoms with van der Waals surface area (Å²) in [5.74, 6) is 0. The zero-order chi connectivity index (χ0) is 25.5. The fourth-order valence-corrected chi connectivity index (χ4v) is 6.01. The highest BCUT2D eigenvalue weighted by atomic mass is 16.3. The Morgan fingerprint density at radius 2 is 0.974 bits per heavy atom. The number of benzene rings is 5. The number of furan rings is 1. The molecule has 0 atom stereocenters. The molecule has 0 radical (unpaired) electrons. The first-order valence-corrected chi connectivity index (χ1v) is 13.0. The van der Waals surface area contributed by atoms with E-state index in [1.54, 1.807) is 0 Å². The van der Waals surface area contributed by atoms with E-state index in [1.807, 2.05) is 18.2 Å². The van der Waals surface area contributed by atoms with Gasteiger partial charge in [-0.05, 0) is 48.5 Å². The van der Waals surface area contributed by atoms with Crippen LogP contribution in [0.2, 0.25) is 0 Å². The number of nitrogens with zero attached hydrogens (tertiary/aromatic N) is 4. The Morgan fingerprint density at radius 1 is 0.436 bits per heavy atom. The number of aromatic nitrogens is 4. The standard InChI is InChI=1S/C34H20N4O/c1-2-10-21(11-3-1)37-27-15-7-4-13-24(27)31-33(37)35-32-25-14-5-8-16-28(25)38(34(32)36-31)22-18-19-30-26(20-22)23-12-6-9-17-29(23)39-30/h1-20H. The lowest BCUT2D eigenvalue weighted by molar-refractivity contribution is 0.669. The molecule has 0 aliphatic carbocycles. The lowest BCUT2D eigenvalue weighted by Gasteiger charge is -2.08. The average molecular weight is 501 g/mol. The Hall–Kier alpha value is -5.42. The number of hydrogen-bond acceptors (Lipinski definition) is 3. The van der Waals surface area contributed by atoms with Crippen molar-refractivity contribution in [1.29, 1.82) is 0 Å². The lowest BCUT2D eigenvalue weighted by Crippen LogP contribution is -1.98. The predicted octanol–water partition coefficient (Wildman–Crippen LogP) is 8.57. The maximum absolute atomic E-state index is 6.11. The molecule has 182 valence electrons. The van der Waals surface area contributed by atoms with Crippen molar-refractivity contribution in [3.63, 3.8) is 0 Å². The number of hydrogen-bond donors (Lipinski definition) is 0. The van der Waals surface area contributed by atoms with Crippen molar-refractivity contribution in [3.05, 3.63) is 121 Å². The minimum absolute atomic E-state index is 0.840. The maximum Gasteiger partial charge on any atom is 0.165 e. The highest BCUT2D eigenvalue weighted by molar-refractivity contribution is 6.13. The molecule has 39 heavy (non-hydrogen) atoms. The van der Waals surface area contributed by atoms with Crippen LogP contribution in [0.1, 0.15) is 0 Å². The van der Waals surface area contributed by atoms with Gasteiger partial charge in [-0.2, -0.15) is 0 Å². The fraction of sp³-hybridized carbons (Fsp3) is 0. The number of rotatable bonds is 2. The molecule has 5 nitrogen and oxygen atoms in total. The highest BCUT2D eigenvalue weighted by Gasteiger charge is 2.21. The van der Waals surface area contributed by atoms with Crippen LogP contribution in [0.5, 0.6) is 0 Å². The largest absolute Gasteiger partial charge is 0.456 e. The third kappa shape index (κ3) is 2.79. The molecule has 9 aromatic rings. The Balaban J connectivity index is 1.43. The van der Waals surface area contributed by atoms with E-state index >= 15 is 0 Å². The van der Waals surface area contributed by atoms with Gasteiger partial charge >= 0.3 is 0 Å². The summed E-state index contributed by atoms with van der Waals surface area (Å²) >= 11 is 0. The van der Waals surface area contributed by atoms with E-state index < -0.39 is 0 Å². The van der Waals surface area contributed by atoms with Gasteiger partial charge in [0.05, 0.1) is 11.0 Å². The molecule has 0 spiro atoms. The summed E-state index contributed by atoms with van der Waals surface area (Å²) in [6.07, 6.45) is 0. The monoisotopic (exact) mass is 500 g/mol. The molecule has 0 unspecified atom stereocenters. The van der Waals surface area contributed by atoms with Crippen LogP contribution >= 0.6 is 0 Å². The maximum atomic E-state index is 6.11. The van der Waals surface area contributed by atoms with Crippen molar-refractivity contribution < 1.29 is 4.42 Å². The van der Waals surface area contributed by atoms with E-state index in [-0.39, 0.29) is 0 Å². The molecule has 5 heteroatoms. The van der Waals surface area contributed by atoms with Crippen molar-refractivity contribution in [3.8, 4) is 11.4 Å². The molecule has 0 bridgehead atoms. The van der Waals surface area contributed by atoms with Crippen molar-refractivity contribution in [1.82, 2.24) is 19.1 Å². The summed E-state index contributed by atoms with van der Waals surface area (Å²) in [5, 5.41) is 4.35. The second-order valence-corrected chi connectivity index (χ2v) is 9.89. The molecule has 0 fully saturated rings. The van der Waals surface area contributed by atoms with Gasteiger partial charge < -0.3 is 4.42 Å². The molecule has 4 heterocycles. The van der Waals surface area contributed by atoms with E-state index in [9.17, 15) is 0 Å². The van der Waals surface area contributed by atoms with Crippen molar-refractivity contribution in [2.24, 2.45) is 0 Å². The predicted molar refractivity (Wildman–Crippen MR) is 158 cm³/mol. The van der Waals surface area contributed by atoms with Crippen LogP contribution in [-0.2, 0) is 0 Å². The Morgan fingerprint density at radius 3 is 1.67 bits per heavy atom. The normalized spacial score (nSPS) is 12.1. The van der Waals surface area contributed by atoms with Gasteiger partial charge in [-0.25, -0.2) is 9.97 Å². The molecule has 4 aromatic heterocycles. The van der Waals surface area contributed by atoms with Crippen LogP contribution in [0.25, 0.3) is 77.4 Å². The van der Waals surface area contributed by atoms with Crippen molar-refractivity contribution in [2.45, 2.75) is 0 Å². The summed E-state index contributed by atoms with van der Waals surface area (Å²) in [6, 6.07) is 41.8. The molecule has 0 saturated carbocycles. The van der Waals surface area contributed by atoms with Crippen LogP contribution in [0, 0.1) is 0 Å². The van der Waals surface area contributed by atoms with E-state index in [1.165, 1.54) is 0 Å². The summed E-state index contributed by atoms with van der Waals surface area (Å²) < 4.78 is 10.6. The van der Waals surface area contributed by atoms with Crippen LogP contribution in [0.3, 0.4) is 0 Å². The number of para-hydroxylation sites is 4. The summed E-state index contributed by atoms with van der Waals surface area (Å²) in [6.45, 7) is 0. The van der Waals surface area contributed by atoms with Gasteiger partial charge in [0, 0.05) is 32.9 Å². The molecule has 0 saturated heterocycles. The van der Waals surface area contributed by atoms with E-state index in [4.69, 9.17) is 14.4 Å². The van der Waals surface area contributed by atoms with Crippen molar-refractivity contribution in [2.75, 3.05) is 0 Å². The molecular weight excluding hydrogens is 480 g/mol. The van der Waals surface area contributed by atoms with Crippen LogP contribution in [0.4, 0.5) is 0 Å². The topological polar surface area (TPSA) is 48.8 Å². The molecular formula is C34H20N4O. The van der Waals surface area contributed by atoms with E-state index in [0.717, 1.165) is 77.4 Å². The van der Waals surface area contributed by atoms with Gasteiger partial charge in [0.2, 0.25) is 0 Å². The zero-order valence-corrected chi connectivity index (χ0v) is 20.7. The first-order chi connectivity index (χ1) is 19.3. The van der Waals surface area contributed by atoms with Crippen molar-refractivity contribution >= 4 is 66.1 Å². The summed E-state index contributed by atoms with van der Waals surface area (Å²) in [5.41, 5.74) is 9.50. The molecule has 0 aliphatic heterocycles. The molecule has 0 aliphatic rings. The van der Waals surface area contributed by atoms with Gasteiger partial charge in [0.25, 0.3) is 0 Å². The average Bonchev–Trinajstić information content (AvgIpc) is 3.63. The van der Waals surface area contributed by atoms with Gasteiger partial charge in [-0.1, -0.05) is 72.8 Å². The quantitative estimate of drug-likeness (QED) is 0.239. The molecule has 0 amide bonds. The minimum atomic E-state index is 0.840. The SMILES string of the molecule is c1ccc(-n2c3ccccc3c3nc4c(nc32)c2ccccc2n4-c2ccc3oc4ccccc4c3c2)cc1. The van der Waals surface area contributed by atoms with Crippen LogP contribution in [0.15, 0.2) is 126 Å². The second kappa shape index (κ2) is 7.55. The minimum Gasteiger partial charge on any atom is -0.456 e.